The number of ether oxygens (including phenoxy) is 1. The predicted molar refractivity (Wildman–Crippen MR) is 68.8 cm³/mol. The van der Waals surface area contributed by atoms with Crippen LogP contribution in [0.2, 0.25) is 0 Å². The number of amides is 1. The second-order valence-corrected chi connectivity index (χ2v) is 3.79. The van der Waals surface area contributed by atoms with Gasteiger partial charge < -0.3 is 15.2 Å². The lowest BCUT2D eigenvalue weighted by Gasteiger charge is -2.07. The summed E-state index contributed by atoms with van der Waals surface area (Å²) in [5.74, 6) is -2.05. The van der Waals surface area contributed by atoms with E-state index in [1.165, 1.54) is 0 Å². The number of nitro groups is 1. The van der Waals surface area contributed by atoms with E-state index in [0.29, 0.717) is 0 Å². The number of nitro benzene ring substituents is 1. The number of nitrogens with zero attached hydrogens (tertiary/aromatic N) is 2. The third-order valence-electron chi connectivity index (χ3n) is 2.32. The van der Waals surface area contributed by atoms with Gasteiger partial charge in [-0.05, 0) is 12.1 Å². The summed E-state index contributed by atoms with van der Waals surface area (Å²) in [5.41, 5.74) is -0.799. The van der Waals surface area contributed by atoms with E-state index in [4.69, 9.17) is 15.1 Å². The van der Waals surface area contributed by atoms with Crippen LogP contribution in [-0.4, -0.2) is 35.1 Å². The van der Waals surface area contributed by atoms with Crippen LogP contribution in [0.1, 0.15) is 16.8 Å². The van der Waals surface area contributed by atoms with Gasteiger partial charge >= 0.3 is 11.7 Å². The first-order valence-electron chi connectivity index (χ1n) is 5.74. The van der Waals surface area contributed by atoms with Gasteiger partial charge in [-0.25, -0.2) is 4.79 Å². The number of carboxylic acids is 1. The van der Waals surface area contributed by atoms with Crippen LogP contribution < -0.4 is 10.1 Å². The van der Waals surface area contributed by atoms with E-state index in [2.05, 4.69) is 5.32 Å². The SMILES string of the molecule is N#CCCNC(=O)COc1ccc(C(=O)O)cc1[N+](=O)[O-]. The highest BCUT2D eigenvalue weighted by molar-refractivity contribution is 5.89. The Morgan fingerprint density at radius 1 is 1.48 bits per heavy atom. The van der Waals surface area contributed by atoms with Gasteiger partial charge in [-0.15, -0.1) is 0 Å². The molecule has 1 amide bonds. The predicted octanol–water partition coefficient (Wildman–Crippen LogP) is 0.702. The lowest BCUT2D eigenvalue weighted by molar-refractivity contribution is -0.385. The Labute approximate surface area is 118 Å². The zero-order valence-corrected chi connectivity index (χ0v) is 10.7. The van der Waals surface area contributed by atoms with Gasteiger partial charge in [-0.2, -0.15) is 5.26 Å². The van der Waals surface area contributed by atoms with E-state index in [0.717, 1.165) is 18.2 Å². The Balaban J connectivity index is 2.75. The molecular formula is C12H11N3O6. The molecule has 1 rings (SSSR count). The molecule has 0 spiro atoms. The summed E-state index contributed by atoms with van der Waals surface area (Å²) < 4.78 is 5.00. The highest BCUT2D eigenvalue weighted by Crippen LogP contribution is 2.27. The molecule has 0 heterocycles. The molecule has 1 aromatic rings. The lowest BCUT2D eigenvalue weighted by atomic mass is 10.2. The summed E-state index contributed by atoms with van der Waals surface area (Å²) >= 11 is 0. The molecule has 9 heteroatoms. The molecule has 9 nitrogen and oxygen atoms in total. The lowest BCUT2D eigenvalue weighted by Crippen LogP contribution is -2.29. The van der Waals surface area contributed by atoms with Crippen LogP contribution in [0.4, 0.5) is 5.69 Å². The topological polar surface area (TPSA) is 143 Å². The Kier molecular flexibility index (Phi) is 5.64. The minimum absolute atomic E-state index is 0.138. The van der Waals surface area contributed by atoms with Crippen molar-refractivity contribution in [2.75, 3.05) is 13.2 Å². The largest absolute Gasteiger partial charge is 0.478 e. The molecule has 0 bridgehead atoms. The van der Waals surface area contributed by atoms with Gasteiger partial charge in [-0.3, -0.25) is 14.9 Å². The van der Waals surface area contributed by atoms with Crippen LogP contribution in [0, 0.1) is 21.4 Å². The van der Waals surface area contributed by atoms with Crippen molar-refractivity contribution in [3.63, 3.8) is 0 Å². The van der Waals surface area contributed by atoms with Crippen LogP contribution in [0.5, 0.6) is 5.75 Å². The number of nitriles is 1. The molecule has 110 valence electrons. The van der Waals surface area contributed by atoms with Crippen molar-refractivity contribution in [2.24, 2.45) is 0 Å². The van der Waals surface area contributed by atoms with Crippen molar-refractivity contribution in [3.8, 4) is 11.8 Å². The van der Waals surface area contributed by atoms with Crippen LogP contribution >= 0.6 is 0 Å². The third kappa shape index (κ3) is 4.79. The zero-order chi connectivity index (χ0) is 15.8. The number of nitrogens with one attached hydrogen (secondary N) is 1. The summed E-state index contributed by atoms with van der Waals surface area (Å²) in [4.78, 5) is 32.1. The molecule has 0 aromatic heterocycles. The Morgan fingerprint density at radius 3 is 2.76 bits per heavy atom. The first-order valence-corrected chi connectivity index (χ1v) is 5.74. The van der Waals surface area contributed by atoms with Gasteiger partial charge in [0.05, 0.1) is 23.0 Å². The van der Waals surface area contributed by atoms with Gasteiger partial charge in [-0.1, -0.05) is 0 Å². The molecule has 0 unspecified atom stereocenters. The standard InChI is InChI=1S/C12H11N3O6/c13-4-1-5-14-11(16)7-21-10-3-2-8(12(17)18)6-9(10)15(19)20/h2-3,6H,1,5,7H2,(H,14,16)(H,17,18). The van der Waals surface area contributed by atoms with E-state index in [1.807, 2.05) is 6.07 Å². The first kappa shape index (κ1) is 15.9. The molecular weight excluding hydrogens is 282 g/mol. The fraction of sp³-hybridized carbons (Fsp3) is 0.250. The van der Waals surface area contributed by atoms with Crippen molar-refractivity contribution in [2.45, 2.75) is 6.42 Å². The number of carbonyl (C=O) groups is 2. The van der Waals surface area contributed by atoms with Gasteiger partial charge in [0, 0.05) is 12.6 Å². The average Bonchev–Trinajstić information content (AvgIpc) is 2.45. The smallest absolute Gasteiger partial charge is 0.335 e. The highest BCUT2D eigenvalue weighted by atomic mass is 16.6. The number of carboxylic acid groups (broad SMARTS) is 1. The van der Waals surface area contributed by atoms with Gasteiger partial charge in [0.25, 0.3) is 5.91 Å². The summed E-state index contributed by atoms with van der Waals surface area (Å²) in [6.07, 6.45) is 0.138. The summed E-state index contributed by atoms with van der Waals surface area (Å²) in [6.45, 7) is -0.322. The summed E-state index contributed by atoms with van der Waals surface area (Å²) in [5, 5.41) is 30.3. The number of carbonyl (C=O) groups excluding carboxylic acids is 1. The van der Waals surface area contributed by atoms with Gasteiger partial charge in [0.1, 0.15) is 0 Å². The van der Waals surface area contributed by atoms with Crippen LogP contribution in [0.25, 0.3) is 0 Å². The van der Waals surface area contributed by atoms with Crippen LogP contribution in [0.3, 0.4) is 0 Å². The molecule has 2 N–H and O–H groups in total. The molecule has 0 aliphatic rings. The van der Waals surface area contributed by atoms with E-state index in [9.17, 15) is 19.7 Å². The van der Waals surface area contributed by atoms with Crippen LogP contribution in [-0.2, 0) is 4.79 Å². The molecule has 0 saturated carbocycles. The van der Waals surface area contributed by atoms with Crippen molar-refractivity contribution in [3.05, 3.63) is 33.9 Å². The molecule has 0 aliphatic carbocycles. The molecule has 0 radical (unpaired) electrons. The number of aromatic carboxylic acids is 1. The van der Waals surface area contributed by atoms with E-state index < -0.39 is 29.1 Å². The molecule has 21 heavy (non-hydrogen) atoms. The van der Waals surface area contributed by atoms with Gasteiger partial charge in [0.2, 0.25) is 0 Å². The number of hydrogen-bond donors (Lipinski definition) is 2. The number of hydrogen-bond acceptors (Lipinski definition) is 6. The maximum Gasteiger partial charge on any atom is 0.335 e. The quantitative estimate of drug-likeness (QED) is 0.428. The van der Waals surface area contributed by atoms with E-state index >= 15 is 0 Å². The van der Waals surface area contributed by atoms with Crippen molar-refractivity contribution >= 4 is 17.6 Å². The highest BCUT2D eigenvalue weighted by Gasteiger charge is 2.19. The van der Waals surface area contributed by atoms with Gasteiger partial charge in [0.15, 0.2) is 12.4 Å². The normalized spacial score (nSPS) is 9.48. The Hall–Kier alpha value is -3.15. The average molecular weight is 293 g/mol. The molecule has 0 aliphatic heterocycles. The molecule has 0 saturated heterocycles. The van der Waals surface area contributed by atoms with E-state index in [-0.39, 0.29) is 24.3 Å². The molecule has 1 aromatic carbocycles. The number of benzene rings is 1. The maximum atomic E-state index is 11.3. The van der Waals surface area contributed by atoms with Crippen LogP contribution in [0.15, 0.2) is 18.2 Å². The third-order valence-corrected chi connectivity index (χ3v) is 2.32. The molecule has 0 fully saturated rings. The van der Waals surface area contributed by atoms with Crippen molar-refractivity contribution in [1.29, 1.82) is 5.26 Å². The number of rotatable bonds is 7. The fourth-order valence-corrected chi connectivity index (χ4v) is 1.37. The van der Waals surface area contributed by atoms with Crippen molar-refractivity contribution in [1.82, 2.24) is 5.32 Å². The van der Waals surface area contributed by atoms with E-state index in [1.54, 1.807) is 0 Å². The fourth-order valence-electron chi connectivity index (χ4n) is 1.37. The second kappa shape index (κ2) is 7.44. The van der Waals surface area contributed by atoms with Crippen molar-refractivity contribution < 1.29 is 24.4 Å². The summed E-state index contributed by atoms with van der Waals surface area (Å²) in [6, 6.07) is 4.94. The first-order chi connectivity index (χ1) is 9.95. The molecule has 0 atom stereocenters. The minimum atomic E-state index is -1.31. The monoisotopic (exact) mass is 293 g/mol. The summed E-state index contributed by atoms with van der Waals surface area (Å²) in [7, 11) is 0. The Bertz CT molecular complexity index is 608. The zero-order valence-electron chi connectivity index (χ0n) is 10.7. The minimum Gasteiger partial charge on any atom is -0.478 e. The maximum absolute atomic E-state index is 11.3. The Morgan fingerprint density at radius 2 is 2.19 bits per heavy atom. The second-order valence-electron chi connectivity index (χ2n) is 3.79.